The van der Waals surface area contributed by atoms with Gasteiger partial charge in [0.15, 0.2) is 5.43 Å². The first-order chi connectivity index (χ1) is 15.4. The summed E-state index contributed by atoms with van der Waals surface area (Å²) in [4.78, 5) is 20.6. The average molecular weight is 444 g/mol. The number of rotatable bonds is 4. The smallest absolute Gasteiger partial charge is 0.193 e. The third-order valence-electron chi connectivity index (χ3n) is 5.73. The molecule has 3 aromatic heterocycles. The number of H-pyrrole nitrogens is 1. The highest BCUT2D eigenvalue weighted by molar-refractivity contribution is 6.29. The molecule has 0 aliphatic carbocycles. The fourth-order valence-corrected chi connectivity index (χ4v) is 4.28. The zero-order chi connectivity index (χ0) is 22.4. The van der Waals surface area contributed by atoms with Gasteiger partial charge in [-0.05, 0) is 62.1 Å². The largest absolute Gasteiger partial charge is 0.455 e. The van der Waals surface area contributed by atoms with Gasteiger partial charge in [-0.1, -0.05) is 29.8 Å². The number of nitrogens with zero attached hydrogens (tertiary/aromatic N) is 1. The molecule has 0 aliphatic heterocycles. The first kappa shape index (κ1) is 20.3. The van der Waals surface area contributed by atoms with E-state index >= 15 is 0 Å². The summed E-state index contributed by atoms with van der Waals surface area (Å²) < 4.78 is 6.36. The summed E-state index contributed by atoms with van der Waals surface area (Å²) in [5, 5.41) is 5.62. The summed E-state index contributed by atoms with van der Waals surface area (Å²) in [6.07, 6.45) is 1.90. The number of anilines is 1. The lowest BCUT2D eigenvalue weighted by Crippen LogP contribution is -2.11. The molecule has 0 amide bonds. The Hall–Kier alpha value is -3.57. The Kier molecular flexibility index (Phi) is 4.98. The van der Waals surface area contributed by atoms with Crippen molar-refractivity contribution in [3.8, 4) is 11.3 Å². The summed E-state index contributed by atoms with van der Waals surface area (Å²) in [6.45, 7) is 5.93. The van der Waals surface area contributed by atoms with Crippen molar-refractivity contribution in [1.29, 1.82) is 0 Å². The Morgan fingerprint density at radius 1 is 1.06 bits per heavy atom. The van der Waals surface area contributed by atoms with Gasteiger partial charge in [0, 0.05) is 28.9 Å². The van der Waals surface area contributed by atoms with Crippen LogP contribution >= 0.6 is 11.6 Å². The molecule has 160 valence electrons. The van der Waals surface area contributed by atoms with E-state index in [1.165, 1.54) is 0 Å². The van der Waals surface area contributed by atoms with E-state index < -0.39 is 0 Å². The van der Waals surface area contributed by atoms with Crippen LogP contribution in [0.15, 0.2) is 70.0 Å². The van der Waals surface area contributed by atoms with E-state index in [4.69, 9.17) is 16.0 Å². The molecule has 2 N–H and O–H groups in total. The highest BCUT2D eigenvalue weighted by Crippen LogP contribution is 2.32. The number of pyridine rings is 1. The van der Waals surface area contributed by atoms with Crippen LogP contribution in [0.2, 0.25) is 5.15 Å². The Bertz CT molecular complexity index is 1530. The summed E-state index contributed by atoms with van der Waals surface area (Å²) in [7, 11) is 0. The van der Waals surface area contributed by atoms with Crippen LogP contribution in [0.3, 0.4) is 0 Å². The summed E-state index contributed by atoms with van der Waals surface area (Å²) >= 11 is 6.00. The molecule has 0 aliphatic rings. The number of nitrogens with one attached hydrogen (secondary N) is 2. The maximum Gasteiger partial charge on any atom is 0.193 e. The molecule has 2 aromatic carbocycles. The molecule has 0 spiro atoms. The molecule has 0 radical (unpaired) electrons. The molecule has 6 heteroatoms. The second kappa shape index (κ2) is 7.84. The third kappa shape index (κ3) is 3.65. The predicted octanol–water partition coefficient (Wildman–Crippen LogP) is 6.78. The van der Waals surface area contributed by atoms with Gasteiger partial charge in [-0.3, -0.25) is 4.79 Å². The van der Waals surface area contributed by atoms with Crippen molar-refractivity contribution in [2.75, 3.05) is 5.32 Å². The molecular formula is C26H22ClN3O2. The predicted molar refractivity (Wildman–Crippen MR) is 131 cm³/mol. The standard InChI is InChI=1S/C26H22ClN3O2/c1-14-10-19(15(2)29-21-6-7-25(27)30-16(21)3)26-20(11-14)23(31)13-24(32-26)18-5-4-17-8-9-28-22(17)12-18/h4-13,15,28-29H,1-3H3/t15-/m1/s1. The van der Waals surface area contributed by atoms with Gasteiger partial charge in [0.1, 0.15) is 16.5 Å². The first-order valence-corrected chi connectivity index (χ1v) is 10.8. The normalized spacial score (nSPS) is 12.4. The van der Waals surface area contributed by atoms with Crippen LogP contribution < -0.4 is 10.7 Å². The van der Waals surface area contributed by atoms with Crippen LogP contribution in [0.5, 0.6) is 0 Å². The second-order valence-corrected chi connectivity index (χ2v) is 8.51. The van der Waals surface area contributed by atoms with Gasteiger partial charge in [-0.2, -0.15) is 0 Å². The minimum absolute atomic E-state index is 0.0608. The molecule has 5 rings (SSSR count). The van der Waals surface area contributed by atoms with Gasteiger partial charge in [-0.15, -0.1) is 0 Å². The monoisotopic (exact) mass is 443 g/mol. The van der Waals surface area contributed by atoms with Crippen molar-refractivity contribution < 1.29 is 4.42 Å². The third-order valence-corrected chi connectivity index (χ3v) is 5.94. The molecular weight excluding hydrogens is 422 g/mol. The Balaban J connectivity index is 1.64. The van der Waals surface area contributed by atoms with Crippen LogP contribution in [0.4, 0.5) is 5.69 Å². The van der Waals surface area contributed by atoms with Crippen molar-refractivity contribution >= 4 is 39.2 Å². The number of aromatic amines is 1. The van der Waals surface area contributed by atoms with Crippen LogP contribution in [-0.4, -0.2) is 9.97 Å². The molecule has 0 saturated heterocycles. The van der Waals surface area contributed by atoms with Gasteiger partial charge < -0.3 is 14.7 Å². The highest BCUT2D eigenvalue weighted by Gasteiger charge is 2.17. The Morgan fingerprint density at radius 2 is 1.91 bits per heavy atom. The fourth-order valence-electron chi connectivity index (χ4n) is 4.09. The van der Waals surface area contributed by atoms with Crippen LogP contribution in [0, 0.1) is 13.8 Å². The lowest BCUT2D eigenvalue weighted by atomic mass is 10.0. The summed E-state index contributed by atoms with van der Waals surface area (Å²) in [5.41, 5.74) is 5.97. The summed E-state index contributed by atoms with van der Waals surface area (Å²) in [5.74, 6) is 0.542. The SMILES string of the molecule is Cc1cc([C@@H](C)Nc2ccc(Cl)nc2C)c2oc(-c3ccc4cc[nH]c4c3)cc(=O)c2c1. The summed E-state index contributed by atoms with van der Waals surface area (Å²) in [6, 6.07) is 17.0. The number of hydrogen-bond acceptors (Lipinski definition) is 4. The van der Waals surface area contributed by atoms with E-state index in [0.29, 0.717) is 21.9 Å². The Morgan fingerprint density at radius 3 is 2.72 bits per heavy atom. The number of fused-ring (bicyclic) bond motifs is 2. The fraction of sp³-hybridized carbons (Fsp3) is 0.154. The maximum atomic E-state index is 13.1. The van der Waals surface area contributed by atoms with E-state index in [0.717, 1.165) is 39.0 Å². The van der Waals surface area contributed by atoms with Crippen molar-refractivity contribution in [2.24, 2.45) is 0 Å². The lowest BCUT2D eigenvalue weighted by Gasteiger charge is -2.19. The van der Waals surface area contributed by atoms with Gasteiger partial charge >= 0.3 is 0 Å². The molecule has 1 atom stereocenters. The van der Waals surface area contributed by atoms with Gasteiger partial charge in [0.05, 0.1) is 22.8 Å². The lowest BCUT2D eigenvalue weighted by molar-refractivity contribution is 0.610. The van der Waals surface area contributed by atoms with Crippen LogP contribution in [0.1, 0.15) is 29.8 Å². The number of benzene rings is 2. The minimum atomic E-state index is -0.122. The molecule has 0 saturated carbocycles. The highest BCUT2D eigenvalue weighted by atomic mass is 35.5. The van der Waals surface area contributed by atoms with Crippen LogP contribution in [-0.2, 0) is 0 Å². The molecule has 0 bridgehead atoms. The molecule has 32 heavy (non-hydrogen) atoms. The van der Waals surface area contributed by atoms with E-state index in [1.54, 1.807) is 12.1 Å². The zero-order valence-corrected chi connectivity index (χ0v) is 18.7. The number of aryl methyl sites for hydroxylation is 2. The molecule has 3 heterocycles. The maximum absolute atomic E-state index is 13.1. The quantitative estimate of drug-likeness (QED) is 0.300. The molecule has 5 aromatic rings. The average Bonchev–Trinajstić information content (AvgIpc) is 3.23. The molecule has 5 nitrogen and oxygen atoms in total. The number of aromatic nitrogens is 2. The van der Waals surface area contributed by atoms with Gasteiger partial charge in [0.25, 0.3) is 0 Å². The van der Waals surface area contributed by atoms with Gasteiger partial charge in [0.2, 0.25) is 0 Å². The minimum Gasteiger partial charge on any atom is -0.455 e. The Labute approximate surface area is 190 Å². The molecule has 0 unspecified atom stereocenters. The second-order valence-electron chi connectivity index (χ2n) is 8.12. The van der Waals surface area contributed by atoms with Crippen LogP contribution in [0.25, 0.3) is 33.2 Å². The molecule has 0 fully saturated rings. The van der Waals surface area contributed by atoms with E-state index in [2.05, 4.69) is 21.4 Å². The van der Waals surface area contributed by atoms with E-state index in [1.807, 2.05) is 63.4 Å². The van der Waals surface area contributed by atoms with Crippen molar-refractivity contribution in [3.05, 3.63) is 93.0 Å². The van der Waals surface area contributed by atoms with Crippen molar-refractivity contribution in [3.63, 3.8) is 0 Å². The van der Waals surface area contributed by atoms with Crippen molar-refractivity contribution in [2.45, 2.75) is 26.8 Å². The topological polar surface area (TPSA) is 70.9 Å². The van der Waals surface area contributed by atoms with Crippen molar-refractivity contribution in [1.82, 2.24) is 9.97 Å². The number of hydrogen-bond donors (Lipinski definition) is 2. The van der Waals surface area contributed by atoms with E-state index in [9.17, 15) is 4.79 Å². The zero-order valence-electron chi connectivity index (χ0n) is 18.0. The van der Waals surface area contributed by atoms with E-state index in [-0.39, 0.29) is 11.5 Å². The number of halogens is 1. The van der Waals surface area contributed by atoms with Gasteiger partial charge in [-0.25, -0.2) is 4.98 Å². The first-order valence-electron chi connectivity index (χ1n) is 10.4.